The first-order chi connectivity index (χ1) is 22.7. The number of rotatable bonds is 5. The van der Waals surface area contributed by atoms with Gasteiger partial charge < -0.3 is 9.73 Å². The van der Waals surface area contributed by atoms with Gasteiger partial charge in [-0.1, -0.05) is 103 Å². The Kier molecular flexibility index (Phi) is 6.39. The molecule has 0 fully saturated rings. The third kappa shape index (κ3) is 4.55. The number of furan rings is 1. The summed E-state index contributed by atoms with van der Waals surface area (Å²) in [6.45, 7) is 2.26. The molecule has 220 valence electrons. The van der Waals surface area contributed by atoms with Gasteiger partial charge in [-0.05, 0) is 84.1 Å². The minimum Gasteiger partial charge on any atom is -0.456 e. The second-order valence-corrected chi connectivity index (χ2v) is 13.3. The largest absolute Gasteiger partial charge is 0.456 e. The molecule has 0 saturated heterocycles. The van der Waals surface area contributed by atoms with Crippen molar-refractivity contribution in [2.75, 3.05) is 5.32 Å². The van der Waals surface area contributed by atoms with Crippen molar-refractivity contribution in [1.82, 2.24) is 0 Å². The van der Waals surface area contributed by atoms with E-state index in [2.05, 4.69) is 152 Å². The monoisotopic (exact) mass is 609 g/mol. The number of nitrogens with one attached hydrogen (secondary N) is 1. The zero-order chi connectivity index (χ0) is 30.6. The van der Waals surface area contributed by atoms with Crippen LogP contribution in [0.25, 0.3) is 64.4 Å². The van der Waals surface area contributed by atoms with Crippen molar-refractivity contribution in [3.05, 3.63) is 157 Å². The van der Waals surface area contributed by atoms with E-state index in [0.29, 0.717) is 5.92 Å². The summed E-state index contributed by atoms with van der Waals surface area (Å²) in [6, 6.07) is 45.8. The van der Waals surface area contributed by atoms with Gasteiger partial charge in [0.15, 0.2) is 0 Å². The molecule has 3 heteroatoms. The van der Waals surface area contributed by atoms with Crippen LogP contribution in [0.15, 0.2) is 156 Å². The molecule has 2 nitrogen and oxygen atoms in total. The molecule has 0 amide bonds. The molecular formula is C43H31NOS. The van der Waals surface area contributed by atoms with Crippen molar-refractivity contribution in [2.45, 2.75) is 19.3 Å². The van der Waals surface area contributed by atoms with Gasteiger partial charge >= 0.3 is 0 Å². The van der Waals surface area contributed by atoms with E-state index in [1.807, 2.05) is 17.4 Å². The second-order valence-electron chi connectivity index (χ2n) is 12.2. The summed E-state index contributed by atoms with van der Waals surface area (Å²) < 4.78 is 9.19. The van der Waals surface area contributed by atoms with Gasteiger partial charge in [0.2, 0.25) is 0 Å². The van der Waals surface area contributed by atoms with E-state index in [0.717, 1.165) is 45.3 Å². The van der Waals surface area contributed by atoms with Crippen LogP contribution in [-0.4, -0.2) is 0 Å². The molecule has 0 saturated carbocycles. The summed E-state index contributed by atoms with van der Waals surface area (Å²) >= 11 is 1.88. The summed E-state index contributed by atoms with van der Waals surface area (Å²) in [5, 5.41) is 8.69. The SMILES string of the molecule is CC1=CC=CCC1c1cc(-c2cc(Nc3cccc(-c4ccccc4)c3)c3c(c2)oc2ccccc23)c2sc3ccccc3c2c1. The van der Waals surface area contributed by atoms with Crippen LogP contribution in [-0.2, 0) is 0 Å². The van der Waals surface area contributed by atoms with Crippen LogP contribution in [0.3, 0.4) is 0 Å². The average molecular weight is 610 g/mol. The van der Waals surface area contributed by atoms with E-state index in [1.54, 1.807) is 0 Å². The molecule has 1 unspecified atom stereocenters. The number of para-hydroxylation sites is 1. The molecule has 1 aliphatic rings. The van der Waals surface area contributed by atoms with Crippen LogP contribution < -0.4 is 5.32 Å². The maximum Gasteiger partial charge on any atom is 0.138 e. The van der Waals surface area contributed by atoms with Gasteiger partial charge in [0, 0.05) is 42.7 Å². The minimum atomic E-state index is 0.361. The Morgan fingerprint density at radius 2 is 1.48 bits per heavy atom. The number of hydrogen-bond donors (Lipinski definition) is 1. The van der Waals surface area contributed by atoms with E-state index in [-0.39, 0.29) is 0 Å². The number of fused-ring (bicyclic) bond motifs is 6. The summed E-state index contributed by atoms with van der Waals surface area (Å²) in [6.07, 6.45) is 7.75. The standard InChI is InChI=1S/C43H31NOS/c1-27-12-5-6-17-33(27)30-23-36(43-37(24-30)34-18-8-10-21-41(34)46-43)31-25-38(42-35-19-7-9-20-39(35)45-40(42)26-31)44-32-16-11-15-29(22-32)28-13-3-2-4-14-28/h2-16,18-26,33,44H,17H2,1H3. The molecule has 8 aromatic rings. The third-order valence-electron chi connectivity index (χ3n) is 9.36. The highest BCUT2D eigenvalue weighted by Gasteiger charge is 2.21. The van der Waals surface area contributed by atoms with Crippen LogP contribution in [0.4, 0.5) is 11.4 Å². The quantitative estimate of drug-likeness (QED) is 0.210. The van der Waals surface area contributed by atoms with Crippen LogP contribution in [0.5, 0.6) is 0 Å². The first kappa shape index (κ1) is 27.0. The molecular weight excluding hydrogens is 579 g/mol. The number of allylic oxidation sites excluding steroid dienone is 4. The van der Waals surface area contributed by atoms with Crippen molar-refractivity contribution in [3.8, 4) is 22.3 Å². The van der Waals surface area contributed by atoms with E-state index >= 15 is 0 Å². The van der Waals surface area contributed by atoms with E-state index in [1.165, 1.54) is 48.0 Å². The summed E-state index contributed by atoms with van der Waals surface area (Å²) in [4.78, 5) is 0. The maximum atomic E-state index is 6.57. The van der Waals surface area contributed by atoms with Gasteiger partial charge in [-0.2, -0.15) is 0 Å². The van der Waals surface area contributed by atoms with Crippen LogP contribution in [0, 0.1) is 0 Å². The minimum absolute atomic E-state index is 0.361. The van der Waals surface area contributed by atoms with Gasteiger partial charge in [0.05, 0.1) is 11.1 Å². The van der Waals surface area contributed by atoms with Gasteiger partial charge in [-0.15, -0.1) is 11.3 Å². The Bertz CT molecular complexity index is 2490. The number of thiophene rings is 1. The normalized spacial score (nSPS) is 14.8. The smallest absolute Gasteiger partial charge is 0.138 e. The summed E-state index contributed by atoms with van der Waals surface area (Å²) in [5.74, 6) is 0.361. The Hall–Kier alpha value is -5.38. The molecule has 0 radical (unpaired) electrons. The van der Waals surface area contributed by atoms with Crippen LogP contribution in [0.2, 0.25) is 0 Å². The topological polar surface area (TPSA) is 25.2 Å². The van der Waals surface area contributed by atoms with Gasteiger partial charge in [0.25, 0.3) is 0 Å². The zero-order valence-corrected chi connectivity index (χ0v) is 26.3. The Labute approximate surface area is 271 Å². The van der Waals surface area contributed by atoms with Gasteiger partial charge in [-0.25, -0.2) is 0 Å². The average Bonchev–Trinajstić information content (AvgIpc) is 3.67. The highest BCUT2D eigenvalue weighted by atomic mass is 32.1. The molecule has 1 aliphatic carbocycles. The van der Waals surface area contributed by atoms with E-state index in [4.69, 9.17) is 4.42 Å². The Morgan fingerprint density at radius 3 is 2.37 bits per heavy atom. The first-order valence-corrected chi connectivity index (χ1v) is 16.7. The molecule has 1 N–H and O–H groups in total. The predicted octanol–water partition coefficient (Wildman–Crippen LogP) is 13.0. The molecule has 6 aromatic carbocycles. The van der Waals surface area contributed by atoms with Crippen molar-refractivity contribution < 1.29 is 4.42 Å². The fourth-order valence-corrected chi connectivity index (χ4v) is 8.29. The molecule has 0 aliphatic heterocycles. The molecule has 1 atom stereocenters. The second kappa shape index (κ2) is 10.9. The third-order valence-corrected chi connectivity index (χ3v) is 10.6. The van der Waals surface area contributed by atoms with Crippen molar-refractivity contribution in [3.63, 3.8) is 0 Å². The van der Waals surface area contributed by atoms with Crippen molar-refractivity contribution >= 4 is 64.8 Å². The lowest BCUT2D eigenvalue weighted by molar-refractivity contribution is 0.669. The maximum absolute atomic E-state index is 6.57. The number of benzene rings is 6. The first-order valence-electron chi connectivity index (χ1n) is 15.9. The molecule has 2 aromatic heterocycles. The van der Waals surface area contributed by atoms with E-state index < -0.39 is 0 Å². The lowest BCUT2D eigenvalue weighted by Crippen LogP contribution is -2.02. The highest BCUT2D eigenvalue weighted by Crippen LogP contribution is 2.46. The molecule has 0 spiro atoms. The Balaban J connectivity index is 1.28. The van der Waals surface area contributed by atoms with Gasteiger partial charge in [-0.3, -0.25) is 0 Å². The number of hydrogen-bond acceptors (Lipinski definition) is 3. The van der Waals surface area contributed by atoms with Gasteiger partial charge in [0.1, 0.15) is 11.2 Å². The van der Waals surface area contributed by atoms with E-state index in [9.17, 15) is 0 Å². The highest BCUT2D eigenvalue weighted by molar-refractivity contribution is 7.26. The zero-order valence-electron chi connectivity index (χ0n) is 25.5. The predicted molar refractivity (Wildman–Crippen MR) is 197 cm³/mol. The molecule has 46 heavy (non-hydrogen) atoms. The molecule has 9 rings (SSSR count). The molecule has 2 heterocycles. The van der Waals surface area contributed by atoms with Crippen molar-refractivity contribution in [1.29, 1.82) is 0 Å². The fraction of sp³-hybridized carbons (Fsp3) is 0.0698. The lowest BCUT2D eigenvalue weighted by Gasteiger charge is -2.21. The fourth-order valence-electron chi connectivity index (χ4n) is 7.07. The Morgan fingerprint density at radius 1 is 0.674 bits per heavy atom. The van der Waals surface area contributed by atoms with Crippen LogP contribution >= 0.6 is 11.3 Å². The van der Waals surface area contributed by atoms with Crippen molar-refractivity contribution in [2.24, 2.45) is 0 Å². The van der Waals surface area contributed by atoms with Crippen LogP contribution in [0.1, 0.15) is 24.8 Å². The molecule has 0 bridgehead atoms. The summed E-state index contributed by atoms with van der Waals surface area (Å²) in [5.41, 5.74) is 11.4. The lowest BCUT2D eigenvalue weighted by atomic mass is 9.84. The summed E-state index contributed by atoms with van der Waals surface area (Å²) in [7, 11) is 0. The number of anilines is 2.